The van der Waals surface area contributed by atoms with E-state index in [9.17, 15) is 0 Å². The fourth-order valence-corrected chi connectivity index (χ4v) is 1.58. The molecule has 0 aliphatic rings. The summed E-state index contributed by atoms with van der Waals surface area (Å²) in [5.41, 5.74) is 12.9. The molecule has 90 valence electrons. The van der Waals surface area contributed by atoms with Crippen LogP contribution in [0.4, 0.5) is 5.82 Å². The Morgan fingerprint density at radius 1 is 1.53 bits per heavy atom. The first-order valence-corrected chi connectivity index (χ1v) is 5.55. The van der Waals surface area contributed by atoms with Gasteiger partial charge in [-0.1, -0.05) is 32.1 Å². The Bertz CT molecular complexity index is 442. The Balaban J connectivity index is 3.23. The fraction of sp³-hybridized carbons (Fsp3) is 0.231. The van der Waals surface area contributed by atoms with Gasteiger partial charge in [0.05, 0.1) is 0 Å². The van der Waals surface area contributed by atoms with Gasteiger partial charge < -0.3 is 11.5 Å². The topological polar surface area (TPSA) is 77.3 Å². The summed E-state index contributed by atoms with van der Waals surface area (Å²) in [4.78, 5) is 8.21. The third-order valence-corrected chi connectivity index (χ3v) is 2.21. The number of pyridine rings is 1. The maximum absolute atomic E-state index is 5.39. The van der Waals surface area contributed by atoms with Crippen molar-refractivity contribution < 1.29 is 0 Å². The van der Waals surface area contributed by atoms with Gasteiger partial charge in [0.2, 0.25) is 0 Å². The highest BCUT2D eigenvalue weighted by molar-refractivity contribution is 5.82. The average molecular weight is 230 g/mol. The molecule has 17 heavy (non-hydrogen) atoms. The monoisotopic (exact) mass is 230 g/mol. The molecule has 0 aliphatic heterocycles. The first-order chi connectivity index (χ1) is 8.19. The lowest BCUT2D eigenvalue weighted by Crippen LogP contribution is -2.22. The molecule has 4 heteroatoms. The number of aromatic nitrogens is 1. The largest absolute Gasteiger partial charge is 0.370 e. The maximum Gasteiger partial charge on any atom is 0.192 e. The lowest BCUT2D eigenvalue weighted by Gasteiger charge is -2.08. The minimum atomic E-state index is 0.0133. The van der Waals surface area contributed by atoms with Crippen LogP contribution in [0.2, 0.25) is 0 Å². The lowest BCUT2D eigenvalue weighted by atomic mass is 10.0. The second-order valence-electron chi connectivity index (χ2n) is 3.59. The molecule has 0 aliphatic carbocycles. The van der Waals surface area contributed by atoms with Crippen LogP contribution in [0.5, 0.6) is 0 Å². The van der Waals surface area contributed by atoms with E-state index in [-0.39, 0.29) is 5.96 Å². The van der Waals surface area contributed by atoms with Gasteiger partial charge in [-0.05, 0) is 24.1 Å². The summed E-state index contributed by atoms with van der Waals surface area (Å²) in [7, 11) is 0. The van der Waals surface area contributed by atoms with E-state index in [1.807, 2.05) is 18.2 Å². The van der Waals surface area contributed by atoms with Crippen LogP contribution in [0.3, 0.4) is 0 Å². The summed E-state index contributed by atoms with van der Waals surface area (Å²) in [6.07, 6.45) is 7.37. The number of allylic oxidation sites excluding steroid dienone is 3. The van der Waals surface area contributed by atoms with Crippen molar-refractivity contribution in [3.63, 3.8) is 0 Å². The van der Waals surface area contributed by atoms with Crippen molar-refractivity contribution in [3.05, 3.63) is 42.6 Å². The number of rotatable bonds is 5. The lowest BCUT2D eigenvalue weighted by molar-refractivity contribution is 0.971. The molecular weight excluding hydrogens is 212 g/mol. The summed E-state index contributed by atoms with van der Waals surface area (Å²) >= 11 is 0. The predicted octanol–water partition coefficient (Wildman–Crippen LogP) is 2.36. The normalized spacial score (nSPS) is 11.0. The number of nitrogens with two attached hydrogens (primary N) is 2. The molecule has 1 aromatic rings. The van der Waals surface area contributed by atoms with Gasteiger partial charge in [0, 0.05) is 11.8 Å². The van der Waals surface area contributed by atoms with E-state index in [1.165, 1.54) is 0 Å². The molecule has 1 heterocycles. The molecule has 0 saturated carbocycles. The molecule has 0 unspecified atom stereocenters. The number of guanidine groups is 1. The van der Waals surface area contributed by atoms with Gasteiger partial charge in [0.1, 0.15) is 0 Å². The van der Waals surface area contributed by atoms with Gasteiger partial charge in [-0.2, -0.15) is 4.99 Å². The highest BCUT2D eigenvalue weighted by atomic mass is 15.0. The molecule has 0 aromatic carbocycles. The van der Waals surface area contributed by atoms with Crippen LogP contribution in [0.15, 0.2) is 42.1 Å². The van der Waals surface area contributed by atoms with Crippen molar-refractivity contribution in [2.45, 2.75) is 19.8 Å². The van der Waals surface area contributed by atoms with Crippen LogP contribution in [-0.4, -0.2) is 10.9 Å². The highest BCUT2D eigenvalue weighted by Gasteiger charge is 2.07. The number of nitrogens with zero attached hydrogens (tertiary/aromatic N) is 2. The van der Waals surface area contributed by atoms with Gasteiger partial charge in [-0.25, -0.2) is 4.98 Å². The van der Waals surface area contributed by atoms with Crippen LogP contribution in [0.25, 0.3) is 5.57 Å². The van der Waals surface area contributed by atoms with Crippen LogP contribution < -0.4 is 11.5 Å². The van der Waals surface area contributed by atoms with E-state index in [1.54, 1.807) is 12.3 Å². The second kappa shape index (κ2) is 6.48. The Morgan fingerprint density at radius 2 is 2.29 bits per heavy atom. The van der Waals surface area contributed by atoms with Crippen molar-refractivity contribution in [2.24, 2.45) is 16.5 Å². The Kier molecular flexibility index (Phi) is 4.94. The van der Waals surface area contributed by atoms with Crippen molar-refractivity contribution in [3.8, 4) is 0 Å². The zero-order valence-corrected chi connectivity index (χ0v) is 10.1. The molecule has 1 aromatic heterocycles. The Hall–Kier alpha value is -2.10. The van der Waals surface area contributed by atoms with Crippen LogP contribution in [0, 0.1) is 0 Å². The van der Waals surface area contributed by atoms with Crippen LogP contribution >= 0.6 is 0 Å². The van der Waals surface area contributed by atoms with Gasteiger partial charge in [-0.3, -0.25) is 0 Å². The van der Waals surface area contributed by atoms with E-state index in [0.717, 1.165) is 24.0 Å². The van der Waals surface area contributed by atoms with Crippen molar-refractivity contribution in [1.82, 2.24) is 4.98 Å². The summed E-state index contributed by atoms with van der Waals surface area (Å²) in [6.45, 7) is 5.84. The van der Waals surface area contributed by atoms with Gasteiger partial charge >= 0.3 is 0 Å². The van der Waals surface area contributed by atoms with E-state index in [4.69, 9.17) is 11.5 Å². The Labute approximate surface area is 102 Å². The second-order valence-corrected chi connectivity index (χ2v) is 3.59. The summed E-state index contributed by atoms with van der Waals surface area (Å²) in [6, 6.07) is 3.83. The first-order valence-electron chi connectivity index (χ1n) is 5.55. The number of aliphatic imine (C=N–C) groups is 1. The number of hydrogen-bond acceptors (Lipinski definition) is 2. The maximum atomic E-state index is 5.39. The van der Waals surface area contributed by atoms with E-state index >= 15 is 0 Å². The van der Waals surface area contributed by atoms with Crippen molar-refractivity contribution in [1.29, 1.82) is 0 Å². The summed E-state index contributed by atoms with van der Waals surface area (Å²) in [5, 5.41) is 0. The molecule has 0 amide bonds. The van der Waals surface area contributed by atoms with E-state index in [0.29, 0.717) is 5.82 Å². The quantitative estimate of drug-likeness (QED) is 0.463. The molecule has 0 spiro atoms. The smallest absolute Gasteiger partial charge is 0.192 e. The molecule has 4 N–H and O–H groups in total. The molecule has 4 nitrogen and oxygen atoms in total. The van der Waals surface area contributed by atoms with Gasteiger partial charge in [0.25, 0.3) is 0 Å². The SMILES string of the molecule is C=C/C=C(\CCC)c1cccnc1N=C(N)N. The zero-order valence-electron chi connectivity index (χ0n) is 10.1. The predicted molar refractivity (Wildman–Crippen MR) is 72.8 cm³/mol. The van der Waals surface area contributed by atoms with Gasteiger partial charge in [-0.15, -0.1) is 0 Å². The summed E-state index contributed by atoms with van der Waals surface area (Å²) < 4.78 is 0. The van der Waals surface area contributed by atoms with Crippen molar-refractivity contribution >= 4 is 17.4 Å². The minimum Gasteiger partial charge on any atom is -0.370 e. The molecule has 1 rings (SSSR count). The molecule has 0 fully saturated rings. The van der Waals surface area contributed by atoms with Gasteiger partial charge in [0.15, 0.2) is 11.8 Å². The third kappa shape index (κ3) is 3.75. The third-order valence-electron chi connectivity index (χ3n) is 2.21. The Morgan fingerprint density at radius 3 is 2.88 bits per heavy atom. The van der Waals surface area contributed by atoms with E-state index < -0.39 is 0 Å². The van der Waals surface area contributed by atoms with Crippen molar-refractivity contribution in [2.75, 3.05) is 0 Å². The highest BCUT2D eigenvalue weighted by Crippen LogP contribution is 2.27. The standard InChI is InChI=1S/C13H18N4/c1-3-6-10(7-4-2)11-8-5-9-16-12(11)17-13(14)15/h3,5-6,8-9H,1,4,7H2,2H3,(H4,14,15,16,17)/b10-6+. The fourth-order valence-electron chi connectivity index (χ4n) is 1.58. The molecule has 0 radical (unpaired) electrons. The molecule has 0 atom stereocenters. The zero-order chi connectivity index (χ0) is 12.7. The molecule has 0 bridgehead atoms. The average Bonchev–Trinajstić information content (AvgIpc) is 2.29. The molecular formula is C13H18N4. The van der Waals surface area contributed by atoms with Crippen LogP contribution in [0.1, 0.15) is 25.3 Å². The summed E-state index contributed by atoms with van der Waals surface area (Å²) in [5.74, 6) is 0.563. The van der Waals surface area contributed by atoms with E-state index in [2.05, 4.69) is 23.5 Å². The molecule has 0 saturated heterocycles. The van der Waals surface area contributed by atoms with Crippen LogP contribution in [-0.2, 0) is 0 Å². The number of hydrogen-bond donors (Lipinski definition) is 2. The first kappa shape index (κ1) is 13.0. The minimum absolute atomic E-state index is 0.0133.